The normalized spacial score (nSPS) is 19.7. The Bertz CT molecular complexity index is 480. The zero-order valence-electron chi connectivity index (χ0n) is 12.4. The van der Waals surface area contributed by atoms with Crippen molar-refractivity contribution in [1.82, 2.24) is 4.90 Å². The molecular weight excluding hydrogens is 306 g/mol. The maximum Gasteiger partial charge on any atom is 0.410 e. The Balaban J connectivity index is 2.73. The van der Waals surface area contributed by atoms with E-state index in [0.717, 1.165) is 0 Å². The minimum absolute atomic E-state index is 0.0226. The molecular formula is C12H22F2N2O4S. The van der Waals surface area contributed by atoms with Gasteiger partial charge in [0.1, 0.15) is 5.60 Å². The molecule has 124 valence electrons. The smallest absolute Gasteiger partial charge is 0.410 e. The molecule has 0 radical (unpaired) electrons. The first-order valence-corrected chi connectivity index (χ1v) is 8.33. The first-order valence-electron chi connectivity index (χ1n) is 6.61. The SMILES string of the molecule is CC(C)(C)OC(=O)N1CCC(CS(N)(=O)=O)(C(F)F)CC1. The van der Waals surface area contributed by atoms with E-state index in [4.69, 9.17) is 9.88 Å². The highest BCUT2D eigenvalue weighted by molar-refractivity contribution is 7.89. The van der Waals surface area contributed by atoms with Gasteiger partial charge >= 0.3 is 6.09 Å². The molecule has 0 aromatic carbocycles. The topological polar surface area (TPSA) is 89.7 Å². The van der Waals surface area contributed by atoms with Crippen LogP contribution in [-0.2, 0) is 14.8 Å². The highest BCUT2D eigenvalue weighted by atomic mass is 32.2. The van der Waals surface area contributed by atoms with Crippen LogP contribution in [0.2, 0.25) is 0 Å². The third-order valence-corrected chi connectivity index (χ3v) is 4.34. The summed E-state index contributed by atoms with van der Waals surface area (Å²) in [7, 11) is -4.01. The van der Waals surface area contributed by atoms with Crippen LogP contribution in [0.5, 0.6) is 0 Å². The standard InChI is InChI=1S/C12H22F2N2O4S/c1-11(2,3)20-10(17)16-6-4-12(5-7-16,9(13)14)8-21(15,18)19/h9H,4-8H2,1-3H3,(H2,15,18,19). The van der Waals surface area contributed by atoms with Crippen molar-refractivity contribution in [1.29, 1.82) is 0 Å². The van der Waals surface area contributed by atoms with E-state index in [1.54, 1.807) is 20.8 Å². The third-order valence-electron chi connectivity index (χ3n) is 3.36. The highest BCUT2D eigenvalue weighted by Crippen LogP contribution is 2.38. The lowest BCUT2D eigenvalue weighted by Gasteiger charge is -2.40. The van der Waals surface area contributed by atoms with Crippen molar-refractivity contribution in [3.8, 4) is 0 Å². The summed E-state index contributed by atoms with van der Waals surface area (Å²) in [6, 6.07) is 0. The quantitative estimate of drug-likeness (QED) is 0.851. The van der Waals surface area contributed by atoms with Gasteiger partial charge in [0.2, 0.25) is 16.4 Å². The molecule has 1 heterocycles. The van der Waals surface area contributed by atoms with Gasteiger partial charge in [-0.05, 0) is 33.6 Å². The second-order valence-electron chi connectivity index (χ2n) is 6.44. The molecule has 0 spiro atoms. The van der Waals surface area contributed by atoms with E-state index in [2.05, 4.69) is 0 Å². The molecule has 21 heavy (non-hydrogen) atoms. The number of piperidine rings is 1. The van der Waals surface area contributed by atoms with Gasteiger partial charge in [0, 0.05) is 18.5 Å². The van der Waals surface area contributed by atoms with E-state index >= 15 is 0 Å². The van der Waals surface area contributed by atoms with E-state index in [9.17, 15) is 22.0 Å². The van der Waals surface area contributed by atoms with Gasteiger partial charge in [0.25, 0.3) is 0 Å². The Morgan fingerprint density at radius 2 is 1.81 bits per heavy atom. The fourth-order valence-corrected chi connectivity index (χ4v) is 3.50. The maximum absolute atomic E-state index is 13.3. The number of hydrogen-bond acceptors (Lipinski definition) is 4. The summed E-state index contributed by atoms with van der Waals surface area (Å²) in [6.07, 6.45) is -3.64. The van der Waals surface area contributed by atoms with E-state index < -0.39 is 39.3 Å². The average Bonchev–Trinajstić information content (AvgIpc) is 2.24. The summed E-state index contributed by atoms with van der Waals surface area (Å²) < 4.78 is 54.0. The van der Waals surface area contributed by atoms with E-state index in [1.807, 2.05) is 0 Å². The Morgan fingerprint density at radius 1 is 1.33 bits per heavy atom. The van der Waals surface area contributed by atoms with Crippen LogP contribution in [0, 0.1) is 5.41 Å². The number of nitrogens with two attached hydrogens (primary N) is 1. The predicted molar refractivity (Wildman–Crippen MR) is 73.5 cm³/mol. The van der Waals surface area contributed by atoms with Gasteiger partial charge < -0.3 is 9.64 Å². The molecule has 9 heteroatoms. The molecule has 0 saturated carbocycles. The number of alkyl halides is 2. The second-order valence-corrected chi connectivity index (χ2v) is 8.05. The van der Waals surface area contributed by atoms with Crippen LogP contribution in [-0.4, -0.2) is 50.3 Å². The van der Waals surface area contributed by atoms with Crippen LogP contribution < -0.4 is 5.14 Å². The van der Waals surface area contributed by atoms with Crippen molar-refractivity contribution in [2.24, 2.45) is 10.6 Å². The summed E-state index contributed by atoms with van der Waals surface area (Å²) in [5, 5.41) is 4.90. The fourth-order valence-electron chi connectivity index (χ4n) is 2.29. The van der Waals surface area contributed by atoms with Gasteiger partial charge in [-0.3, -0.25) is 0 Å². The minimum atomic E-state index is -4.01. The van der Waals surface area contributed by atoms with Gasteiger partial charge in [-0.1, -0.05) is 0 Å². The molecule has 1 rings (SSSR count). The van der Waals surface area contributed by atoms with Crippen molar-refractivity contribution in [2.45, 2.75) is 45.6 Å². The molecule has 0 aliphatic carbocycles. The molecule has 0 unspecified atom stereocenters. The molecule has 1 aliphatic rings. The number of rotatable bonds is 3. The number of nitrogens with zero attached hydrogens (tertiary/aromatic N) is 1. The van der Waals surface area contributed by atoms with Crippen molar-refractivity contribution in [3.05, 3.63) is 0 Å². The van der Waals surface area contributed by atoms with Gasteiger partial charge in [-0.25, -0.2) is 27.1 Å². The molecule has 0 aromatic rings. The number of carbonyl (C=O) groups excluding carboxylic acids is 1. The van der Waals surface area contributed by atoms with Crippen LogP contribution in [0.3, 0.4) is 0 Å². The summed E-state index contributed by atoms with van der Waals surface area (Å²) in [4.78, 5) is 13.2. The number of carbonyl (C=O) groups is 1. The average molecular weight is 328 g/mol. The van der Waals surface area contributed by atoms with Crippen molar-refractivity contribution in [3.63, 3.8) is 0 Å². The lowest BCUT2D eigenvalue weighted by molar-refractivity contribution is -0.0400. The van der Waals surface area contributed by atoms with Crippen molar-refractivity contribution in [2.75, 3.05) is 18.8 Å². The van der Waals surface area contributed by atoms with Crippen LogP contribution in [0.15, 0.2) is 0 Å². The van der Waals surface area contributed by atoms with Crippen molar-refractivity contribution >= 4 is 16.1 Å². The molecule has 0 bridgehead atoms. The largest absolute Gasteiger partial charge is 0.444 e. The second kappa shape index (κ2) is 6.04. The van der Waals surface area contributed by atoms with Crippen LogP contribution in [0.4, 0.5) is 13.6 Å². The van der Waals surface area contributed by atoms with Gasteiger partial charge in [-0.2, -0.15) is 0 Å². The summed E-state index contributed by atoms with van der Waals surface area (Å²) in [5.74, 6) is -0.778. The number of amides is 1. The van der Waals surface area contributed by atoms with Crippen LogP contribution >= 0.6 is 0 Å². The van der Waals surface area contributed by atoms with E-state index in [0.29, 0.717) is 0 Å². The third kappa shape index (κ3) is 5.39. The minimum Gasteiger partial charge on any atom is -0.444 e. The van der Waals surface area contributed by atoms with E-state index in [-0.39, 0.29) is 25.9 Å². The molecule has 2 N–H and O–H groups in total. The van der Waals surface area contributed by atoms with Gasteiger partial charge in [-0.15, -0.1) is 0 Å². The van der Waals surface area contributed by atoms with Gasteiger partial charge in [0.05, 0.1) is 5.75 Å². The van der Waals surface area contributed by atoms with Crippen LogP contribution in [0.1, 0.15) is 33.6 Å². The Labute approximate surface area is 123 Å². The Kier molecular flexibility index (Phi) is 5.20. The lowest BCUT2D eigenvalue weighted by Crippen LogP contribution is -2.50. The molecule has 1 fully saturated rings. The number of ether oxygens (including phenoxy) is 1. The van der Waals surface area contributed by atoms with Gasteiger partial charge in [0.15, 0.2) is 0 Å². The monoisotopic (exact) mass is 328 g/mol. The molecule has 0 atom stereocenters. The molecule has 0 aromatic heterocycles. The molecule has 1 saturated heterocycles. The maximum atomic E-state index is 13.3. The Morgan fingerprint density at radius 3 is 2.14 bits per heavy atom. The van der Waals surface area contributed by atoms with E-state index in [1.165, 1.54) is 4.90 Å². The lowest BCUT2D eigenvalue weighted by atomic mass is 9.80. The number of hydrogen-bond donors (Lipinski definition) is 1. The summed E-state index contributed by atoms with van der Waals surface area (Å²) in [5.41, 5.74) is -2.36. The summed E-state index contributed by atoms with van der Waals surface area (Å²) >= 11 is 0. The molecule has 1 aliphatic heterocycles. The number of halogens is 2. The number of primary sulfonamides is 1. The zero-order chi connectivity index (χ0) is 16.5. The highest BCUT2D eigenvalue weighted by Gasteiger charge is 2.46. The number of likely N-dealkylation sites (tertiary alicyclic amines) is 1. The number of sulfonamides is 1. The summed E-state index contributed by atoms with van der Waals surface area (Å²) in [6.45, 7) is 5.17. The first kappa shape index (κ1) is 18.1. The first-order chi connectivity index (χ1) is 9.35. The predicted octanol–water partition coefficient (Wildman–Crippen LogP) is 1.56. The zero-order valence-corrected chi connectivity index (χ0v) is 13.3. The molecule has 1 amide bonds. The van der Waals surface area contributed by atoms with Crippen molar-refractivity contribution < 1.29 is 26.7 Å². The molecule has 6 nitrogen and oxygen atoms in total. The fraction of sp³-hybridized carbons (Fsp3) is 0.917. The van der Waals surface area contributed by atoms with Crippen LogP contribution in [0.25, 0.3) is 0 Å². The Hall–Kier alpha value is -0.960.